The zero-order valence-corrected chi connectivity index (χ0v) is 12.9. The monoisotopic (exact) mass is 306 g/mol. The minimum Gasteiger partial charge on any atom is -0.493 e. The van der Waals surface area contributed by atoms with Crippen molar-refractivity contribution in [3.8, 4) is 11.5 Å². The molecule has 1 heterocycles. The minimum absolute atomic E-state index is 0.234. The van der Waals surface area contributed by atoms with Crippen LogP contribution in [0.15, 0.2) is 23.9 Å². The maximum Gasteiger partial charge on any atom is 0.273 e. The highest BCUT2D eigenvalue weighted by Gasteiger charge is 2.20. The van der Waals surface area contributed by atoms with Crippen molar-refractivity contribution < 1.29 is 14.3 Å². The molecule has 0 bridgehead atoms. The first-order chi connectivity index (χ1) is 10.1. The van der Waals surface area contributed by atoms with E-state index in [1.807, 2.05) is 18.2 Å². The molecule has 1 aliphatic heterocycles. The van der Waals surface area contributed by atoms with Crippen LogP contribution in [0.3, 0.4) is 0 Å². The fraction of sp³-hybridized carbons (Fsp3) is 0.333. The fourth-order valence-electron chi connectivity index (χ4n) is 1.87. The van der Waals surface area contributed by atoms with E-state index in [2.05, 4.69) is 17.6 Å². The van der Waals surface area contributed by atoms with E-state index in [1.54, 1.807) is 13.2 Å². The fourth-order valence-corrected chi connectivity index (χ4v) is 2.07. The van der Waals surface area contributed by atoms with Gasteiger partial charge in [0.15, 0.2) is 16.6 Å². The highest BCUT2D eigenvalue weighted by atomic mass is 32.1. The van der Waals surface area contributed by atoms with E-state index in [4.69, 9.17) is 21.7 Å². The molecular formula is C15H18N2O3S. The maximum absolute atomic E-state index is 11.6. The number of ether oxygens (including phenoxy) is 2. The van der Waals surface area contributed by atoms with Crippen LogP contribution in [-0.4, -0.2) is 24.7 Å². The van der Waals surface area contributed by atoms with Crippen molar-refractivity contribution in [1.82, 2.24) is 10.6 Å². The van der Waals surface area contributed by atoms with Gasteiger partial charge in [0.25, 0.3) is 5.91 Å². The van der Waals surface area contributed by atoms with Crippen molar-refractivity contribution in [3.63, 3.8) is 0 Å². The van der Waals surface area contributed by atoms with Gasteiger partial charge in [-0.05, 0) is 42.4 Å². The molecule has 21 heavy (non-hydrogen) atoms. The zero-order chi connectivity index (χ0) is 15.2. The first kappa shape index (κ1) is 15.3. The van der Waals surface area contributed by atoms with Gasteiger partial charge in [0.05, 0.1) is 13.7 Å². The van der Waals surface area contributed by atoms with Gasteiger partial charge in [0, 0.05) is 0 Å². The molecular weight excluding hydrogens is 288 g/mol. The van der Waals surface area contributed by atoms with Crippen LogP contribution in [0, 0.1) is 0 Å². The summed E-state index contributed by atoms with van der Waals surface area (Å²) in [5, 5.41) is 5.64. The molecule has 0 atom stereocenters. The predicted molar refractivity (Wildman–Crippen MR) is 85.3 cm³/mol. The molecule has 0 unspecified atom stereocenters. The lowest BCUT2D eigenvalue weighted by molar-refractivity contribution is -0.115. The number of rotatable bonds is 6. The summed E-state index contributed by atoms with van der Waals surface area (Å²) >= 11 is 4.89. The first-order valence-corrected chi connectivity index (χ1v) is 7.19. The van der Waals surface area contributed by atoms with E-state index in [9.17, 15) is 4.79 Å². The molecule has 0 spiro atoms. The highest BCUT2D eigenvalue weighted by molar-refractivity contribution is 7.80. The van der Waals surface area contributed by atoms with Gasteiger partial charge in [-0.2, -0.15) is 0 Å². The summed E-state index contributed by atoms with van der Waals surface area (Å²) < 4.78 is 11.0. The van der Waals surface area contributed by atoms with Crippen molar-refractivity contribution in [2.45, 2.75) is 19.8 Å². The number of carbonyl (C=O) groups is 1. The Bertz CT molecular complexity index is 584. The molecule has 1 saturated heterocycles. The average molecular weight is 306 g/mol. The molecule has 5 nitrogen and oxygen atoms in total. The number of carbonyl (C=O) groups excluding carboxylic acids is 1. The van der Waals surface area contributed by atoms with Crippen LogP contribution in [0.5, 0.6) is 11.5 Å². The molecule has 112 valence electrons. The summed E-state index contributed by atoms with van der Waals surface area (Å²) in [5.74, 6) is 1.11. The zero-order valence-electron chi connectivity index (χ0n) is 12.1. The van der Waals surface area contributed by atoms with Crippen LogP contribution < -0.4 is 20.1 Å². The number of thiocarbonyl (C=S) groups is 1. The van der Waals surface area contributed by atoms with E-state index in [1.165, 1.54) is 0 Å². The van der Waals surface area contributed by atoms with Gasteiger partial charge in [0.1, 0.15) is 5.70 Å². The maximum atomic E-state index is 11.6. The molecule has 1 amide bonds. The van der Waals surface area contributed by atoms with E-state index >= 15 is 0 Å². The van der Waals surface area contributed by atoms with E-state index in [0.29, 0.717) is 28.9 Å². The Labute approximate surface area is 129 Å². The van der Waals surface area contributed by atoms with Crippen LogP contribution in [0.1, 0.15) is 25.3 Å². The smallest absolute Gasteiger partial charge is 0.273 e. The molecule has 1 aromatic carbocycles. The third kappa shape index (κ3) is 3.95. The number of nitrogens with one attached hydrogen (secondary N) is 2. The van der Waals surface area contributed by atoms with Crippen molar-refractivity contribution in [2.75, 3.05) is 13.7 Å². The second-order valence-corrected chi connectivity index (χ2v) is 4.99. The lowest BCUT2D eigenvalue weighted by atomic mass is 10.1. The van der Waals surface area contributed by atoms with Crippen molar-refractivity contribution in [3.05, 3.63) is 29.5 Å². The molecule has 0 radical (unpaired) electrons. The summed E-state index contributed by atoms with van der Waals surface area (Å²) in [4.78, 5) is 11.6. The van der Waals surface area contributed by atoms with Crippen molar-refractivity contribution in [1.29, 1.82) is 0 Å². The quantitative estimate of drug-likeness (QED) is 0.479. The summed E-state index contributed by atoms with van der Waals surface area (Å²) in [6.07, 6.45) is 3.79. The molecule has 6 heteroatoms. The second kappa shape index (κ2) is 7.08. The van der Waals surface area contributed by atoms with Crippen molar-refractivity contribution >= 4 is 29.3 Å². The van der Waals surface area contributed by atoms with Gasteiger partial charge >= 0.3 is 0 Å². The topological polar surface area (TPSA) is 59.6 Å². The number of benzene rings is 1. The Morgan fingerprint density at radius 3 is 2.71 bits per heavy atom. The van der Waals surface area contributed by atoms with Crippen LogP contribution in [0.4, 0.5) is 0 Å². The number of methoxy groups -OCH3 is 1. The van der Waals surface area contributed by atoms with E-state index < -0.39 is 0 Å². The Kier molecular flexibility index (Phi) is 5.16. The van der Waals surface area contributed by atoms with Gasteiger partial charge in [0.2, 0.25) is 0 Å². The molecule has 0 aromatic heterocycles. The first-order valence-electron chi connectivity index (χ1n) is 6.79. The van der Waals surface area contributed by atoms with Gasteiger partial charge in [-0.15, -0.1) is 0 Å². The SMILES string of the molecule is CCCCOc1ccc(/C=C2/NC(=S)NC2=O)cc1OC. The molecule has 1 aliphatic rings. The minimum atomic E-state index is -0.234. The summed E-state index contributed by atoms with van der Waals surface area (Å²) in [7, 11) is 1.59. The highest BCUT2D eigenvalue weighted by Crippen LogP contribution is 2.29. The summed E-state index contributed by atoms with van der Waals surface area (Å²) in [5.41, 5.74) is 1.25. The lowest BCUT2D eigenvalue weighted by Crippen LogP contribution is -2.21. The Morgan fingerprint density at radius 1 is 1.29 bits per heavy atom. The third-order valence-electron chi connectivity index (χ3n) is 2.97. The Hall–Kier alpha value is -2.08. The molecule has 1 aromatic rings. The van der Waals surface area contributed by atoms with Crippen LogP contribution in [-0.2, 0) is 4.79 Å². The van der Waals surface area contributed by atoms with Crippen LogP contribution in [0.2, 0.25) is 0 Å². The standard InChI is InChI=1S/C15H18N2O3S/c1-3-4-7-20-12-6-5-10(9-13(12)19-2)8-11-14(18)17-15(21)16-11/h5-6,8-9H,3-4,7H2,1-2H3,(H2,16,17,18,21)/b11-8+. The van der Waals surface area contributed by atoms with Gasteiger partial charge in [-0.25, -0.2) is 0 Å². The number of unbranched alkanes of at least 4 members (excludes halogenated alkanes) is 1. The number of hydrogen-bond acceptors (Lipinski definition) is 4. The normalized spacial score (nSPS) is 15.8. The van der Waals surface area contributed by atoms with E-state index in [-0.39, 0.29) is 5.91 Å². The van der Waals surface area contributed by atoms with E-state index in [0.717, 1.165) is 18.4 Å². The summed E-state index contributed by atoms with van der Waals surface area (Å²) in [6, 6.07) is 5.53. The molecule has 2 N–H and O–H groups in total. The van der Waals surface area contributed by atoms with Crippen molar-refractivity contribution in [2.24, 2.45) is 0 Å². The predicted octanol–water partition coefficient (Wildman–Crippen LogP) is 2.22. The number of hydrogen-bond donors (Lipinski definition) is 2. The Balaban J connectivity index is 2.17. The van der Waals surface area contributed by atoms with Crippen LogP contribution in [0.25, 0.3) is 6.08 Å². The molecule has 0 aliphatic carbocycles. The number of amides is 1. The van der Waals surface area contributed by atoms with Crippen LogP contribution >= 0.6 is 12.2 Å². The van der Waals surface area contributed by atoms with Gasteiger partial charge in [-0.1, -0.05) is 19.4 Å². The van der Waals surface area contributed by atoms with Gasteiger partial charge < -0.3 is 14.8 Å². The molecule has 2 rings (SSSR count). The third-order valence-corrected chi connectivity index (χ3v) is 3.18. The molecule has 0 saturated carbocycles. The van der Waals surface area contributed by atoms with Gasteiger partial charge in [-0.3, -0.25) is 10.1 Å². The average Bonchev–Trinajstić information content (AvgIpc) is 2.78. The molecule has 1 fully saturated rings. The summed E-state index contributed by atoms with van der Waals surface area (Å²) in [6.45, 7) is 2.77. The second-order valence-electron chi connectivity index (χ2n) is 4.58. The lowest BCUT2D eigenvalue weighted by Gasteiger charge is -2.11. The largest absolute Gasteiger partial charge is 0.493 e. The Morgan fingerprint density at radius 2 is 2.10 bits per heavy atom.